The van der Waals surface area contributed by atoms with Crippen molar-refractivity contribution in [2.75, 3.05) is 20.8 Å². The molecule has 0 aromatic carbocycles. The van der Waals surface area contributed by atoms with Gasteiger partial charge in [0.25, 0.3) is 0 Å². The summed E-state index contributed by atoms with van der Waals surface area (Å²) in [7, 11) is 0.558. The van der Waals surface area contributed by atoms with Crippen molar-refractivity contribution in [1.29, 1.82) is 0 Å². The van der Waals surface area contributed by atoms with Crippen LogP contribution in [-0.2, 0) is 13.6 Å². The number of aliphatic hydroxyl groups is 1. The monoisotopic (exact) mass is 258 g/mol. The van der Waals surface area contributed by atoms with Crippen molar-refractivity contribution < 1.29 is 18.7 Å². The van der Waals surface area contributed by atoms with E-state index in [1.807, 2.05) is 0 Å². The van der Waals surface area contributed by atoms with E-state index in [0.29, 0.717) is 0 Å². The van der Waals surface area contributed by atoms with E-state index < -0.39 is 18.7 Å². The number of alkyl halides is 3. The van der Waals surface area contributed by atoms with Gasteiger partial charge in [0.05, 0.1) is 6.61 Å². The van der Waals surface area contributed by atoms with Gasteiger partial charge in [-0.15, -0.1) is 0 Å². The second-order valence-electron chi connectivity index (χ2n) is 1.43. The molecule has 0 saturated carbocycles. The molecule has 8 heteroatoms. The molecule has 76 valence electrons. The van der Waals surface area contributed by atoms with Gasteiger partial charge in [0.2, 0.25) is 3.79 Å². The average molecular weight is 259 g/mol. The second-order valence-corrected chi connectivity index (χ2v) is 5.26. The molecule has 0 unspecified atom stereocenters. The molecule has 12 heavy (non-hydrogen) atoms. The molecular formula is C4H10Cl3O4P. The standard InChI is InChI=1S/C2H3Cl3O.C2H7O3P/c3-2(4,5)1-6;1-4-6(3)5-2/h6H,1H2;6H,1-2H3. The summed E-state index contributed by atoms with van der Waals surface area (Å²) in [6.45, 7) is -0.433. The predicted molar refractivity (Wildman–Crippen MR) is 50.4 cm³/mol. The third-order valence-corrected chi connectivity index (χ3v) is 1.54. The van der Waals surface area contributed by atoms with Crippen LogP contribution in [0.25, 0.3) is 0 Å². The molecule has 0 rings (SSSR count). The van der Waals surface area contributed by atoms with Gasteiger partial charge in [-0.2, -0.15) is 0 Å². The minimum Gasteiger partial charge on any atom is -0.392 e. The Morgan fingerprint density at radius 2 is 1.58 bits per heavy atom. The van der Waals surface area contributed by atoms with E-state index in [4.69, 9.17) is 39.9 Å². The summed E-state index contributed by atoms with van der Waals surface area (Å²) in [6, 6.07) is 0. The van der Waals surface area contributed by atoms with Crippen molar-refractivity contribution in [1.82, 2.24) is 0 Å². The smallest absolute Gasteiger partial charge is 0.318 e. The van der Waals surface area contributed by atoms with E-state index in [0.717, 1.165) is 0 Å². The fourth-order valence-electron chi connectivity index (χ4n) is 0.0833. The van der Waals surface area contributed by atoms with E-state index in [1.165, 1.54) is 14.2 Å². The van der Waals surface area contributed by atoms with Gasteiger partial charge in [0, 0.05) is 14.2 Å². The normalized spacial score (nSPS) is 10.9. The predicted octanol–water partition coefficient (Wildman–Crippen LogP) is 2.02. The SMILES string of the molecule is CO[PH](=O)OC.OCC(Cl)(Cl)Cl. The van der Waals surface area contributed by atoms with Gasteiger partial charge >= 0.3 is 8.25 Å². The Kier molecular flexibility index (Phi) is 11.0. The highest BCUT2D eigenvalue weighted by Crippen LogP contribution is 2.23. The van der Waals surface area contributed by atoms with Crippen molar-refractivity contribution in [2.24, 2.45) is 0 Å². The zero-order chi connectivity index (χ0) is 10.2. The Labute approximate surface area is 86.6 Å². The summed E-state index contributed by atoms with van der Waals surface area (Å²) < 4.78 is 16.9. The zero-order valence-corrected chi connectivity index (χ0v) is 9.78. The van der Waals surface area contributed by atoms with Crippen molar-refractivity contribution in [2.45, 2.75) is 3.79 Å². The van der Waals surface area contributed by atoms with E-state index >= 15 is 0 Å². The van der Waals surface area contributed by atoms with Crippen molar-refractivity contribution in [3.63, 3.8) is 0 Å². The minimum atomic E-state index is -2.12. The van der Waals surface area contributed by atoms with Gasteiger partial charge in [-0.1, -0.05) is 34.8 Å². The van der Waals surface area contributed by atoms with Gasteiger partial charge in [0.15, 0.2) is 0 Å². The van der Waals surface area contributed by atoms with Crippen LogP contribution in [0.15, 0.2) is 0 Å². The number of rotatable bonds is 2. The molecule has 0 aliphatic rings. The largest absolute Gasteiger partial charge is 0.392 e. The maximum absolute atomic E-state index is 9.92. The lowest BCUT2D eigenvalue weighted by Gasteiger charge is -2.01. The molecule has 0 saturated heterocycles. The second kappa shape index (κ2) is 8.57. The van der Waals surface area contributed by atoms with Gasteiger partial charge in [0.1, 0.15) is 0 Å². The lowest BCUT2D eigenvalue weighted by Crippen LogP contribution is -2.06. The molecule has 1 N–H and O–H groups in total. The fraction of sp³-hybridized carbons (Fsp3) is 1.00. The van der Waals surface area contributed by atoms with Gasteiger partial charge < -0.3 is 14.2 Å². The highest BCUT2D eigenvalue weighted by Gasteiger charge is 2.16. The minimum absolute atomic E-state index is 0.433. The van der Waals surface area contributed by atoms with Crippen LogP contribution in [0.4, 0.5) is 0 Å². The summed E-state index contributed by atoms with van der Waals surface area (Å²) in [6.07, 6.45) is 0. The number of aliphatic hydroxyl groups excluding tert-OH is 1. The molecule has 0 aliphatic carbocycles. The molecule has 0 spiro atoms. The lowest BCUT2D eigenvalue weighted by molar-refractivity contribution is 0.302. The molecule has 0 atom stereocenters. The molecule has 0 aromatic heterocycles. The first-order chi connectivity index (χ1) is 5.37. The average Bonchev–Trinajstić information content (AvgIpc) is 2.03. The first kappa shape index (κ1) is 15.5. The molecule has 0 radical (unpaired) electrons. The summed E-state index contributed by atoms with van der Waals surface area (Å²) in [5.41, 5.74) is 0. The van der Waals surface area contributed by atoms with E-state index in [2.05, 4.69) is 9.05 Å². The summed E-state index contributed by atoms with van der Waals surface area (Å²) in [5.74, 6) is 0. The van der Waals surface area contributed by atoms with Crippen LogP contribution in [0.3, 0.4) is 0 Å². The van der Waals surface area contributed by atoms with E-state index in [-0.39, 0.29) is 0 Å². The zero-order valence-electron chi connectivity index (χ0n) is 6.51. The fourth-order valence-corrected chi connectivity index (χ4v) is 0.250. The van der Waals surface area contributed by atoms with Gasteiger partial charge in [-0.05, 0) is 0 Å². The van der Waals surface area contributed by atoms with E-state index in [1.54, 1.807) is 0 Å². The quantitative estimate of drug-likeness (QED) is 0.609. The lowest BCUT2D eigenvalue weighted by atomic mass is 10.9. The highest BCUT2D eigenvalue weighted by atomic mass is 35.6. The number of hydrogen-bond donors (Lipinski definition) is 1. The Morgan fingerprint density at radius 1 is 1.33 bits per heavy atom. The summed E-state index contributed by atoms with van der Waals surface area (Å²) in [5, 5.41) is 8.01. The maximum Gasteiger partial charge on any atom is 0.318 e. The van der Waals surface area contributed by atoms with E-state index in [9.17, 15) is 4.57 Å². The number of halogens is 3. The Morgan fingerprint density at radius 3 is 1.58 bits per heavy atom. The highest BCUT2D eigenvalue weighted by molar-refractivity contribution is 7.33. The molecule has 0 aromatic rings. The number of hydrogen-bond acceptors (Lipinski definition) is 4. The van der Waals surface area contributed by atoms with Crippen molar-refractivity contribution >= 4 is 43.1 Å². The summed E-state index contributed by atoms with van der Waals surface area (Å²) >= 11 is 15.0. The molecule has 0 fully saturated rings. The molecule has 0 heterocycles. The summed E-state index contributed by atoms with van der Waals surface area (Å²) in [4.78, 5) is 0. The van der Waals surface area contributed by atoms with Crippen LogP contribution in [0.1, 0.15) is 0 Å². The Balaban J connectivity index is 0. The first-order valence-corrected chi connectivity index (χ1v) is 5.02. The molecule has 0 bridgehead atoms. The van der Waals surface area contributed by atoms with Crippen LogP contribution in [0, 0.1) is 0 Å². The van der Waals surface area contributed by atoms with Crippen LogP contribution < -0.4 is 0 Å². The van der Waals surface area contributed by atoms with Crippen LogP contribution in [-0.4, -0.2) is 29.7 Å². The van der Waals surface area contributed by atoms with Gasteiger partial charge in [-0.3, -0.25) is 4.57 Å². The maximum atomic E-state index is 9.92. The topological polar surface area (TPSA) is 55.8 Å². The molecule has 0 aliphatic heterocycles. The van der Waals surface area contributed by atoms with Crippen molar-refractivity contribution in [3.05, 3.63) is 0 Å². The third-order valence-electron chi connectivity index (χ3n) is 0.513. The van der Waals surface area contributed by atoms with Crippen LogP contribution in [0.5, 0.6) is 0 Å². The Bertz CT molecular complexity index is 120. The molecule has 4 nitrogen and oxygen atoms in total. The molecular weight excluding hydrogens is 249 g/mol. The third kappa shape index (κ3) is 17.2. The van der Waals surface area contributed by atoms with Crippen LogP contribution in [0.2, 0.25) is 0 Å². The van der Waals surface area contributed by atoms with Crippen molar-refractivity contribution in [3.8, 4) is 0 Å². The molecule has 0 amide bonds. The first-order valence-electron chi connectivity index (χ1n) is 2.67. The van der Waals surface area contributed by atoms with Crippen LogP contribution >= 0.6 is 43.1 Å². The Hall–Kier alpha value is 0.980. The van der Waals surface area contributed by atoms with Gasteiger partial charge in [-0.25, -0.2) is 0 Å².